The first kappa shape index (κ1) is 14.0. The first-order chi connectivity index (χ1) is 10.2. The van der Waals surface area contributed by atoms with Crippen LogP contribution in [0.4, 0.5) is 0 Å². The maximum atomic E-state index is 12.3. The first-order valence-electron chi connectivity index (χ1n) is 7.38. The van der Waals surface area contributed by atoms with Crippen molar-refractivity contribution in [1.82, 2.24) is 9.97 Å². The van der Waals surface area contributed by atoms with Gasteiger partial charge in [0.1, 0.15) is 11.4 Å². The van der Waals surface area contributed by atoms with E-state index in [-0.39, 0.29) is 5.56 Å². The number of aromatic amines is 1. The molecule has 0 aliphatic heterocycles. The average Bonchev–Trinajstić information content (AvgIpc) is 3.01. The molecule has 1 aromatic carbocycles. The second-order valence-corrected chi connectivity index (χ2v) is 5.66. The van der Waals surface area contributed by atoms with Crippen molar-refractivity contribution in [3.05, 3.63) is 52.1 Å². The number of hydrogen-bond donors (Lipinski definition) is 1. The predicted octanol–water partition coefficient (Wildman–Crippen LogP) is 3.16. The van der Waals surface area contributed by atoms with Gasteiger partial charge in [-0.25, -0.2) is 4.98 Å². The van der Waals surface area contributed by atoms with Crippen molar-refractivity contribution in [3.8, 4) is 11.3 Å². The summed E-state index contributed by atoms with van der Waals surface area (Å²) in [5.74, 6) is 0.664. The minimum absolute atomic E-state index is 0.0813. The zero-order valence-corrected chi connectivity index (χ0v) is 12.5. The second kappa shape index (κ2) is 5.45. The second-order valence-electron chi connectivity index (χ2n) is 5.66. The fraction of sp³-hybridized carbons (Fsp3) is 0.412. The first-order valence-corrected chi connectivity index (χ1v) is 7.38. The topological polar surface area (TPSA) is 55.0 Å². The number of benzene rings is 1. The van der Waals surface area contributed by atoms with E-state index in [1.54, 1.807) is 7.11 Å². The summed E-state index contributed by atoms with van der Waals surface area (Å²) < 4.78 is 5.74. The van der Waals surface area contributed by atoms with Crippen LogP contribution in [0.5, 0.6) is 0 Å². The zero-order valence-electron chi connectivity index (χ0n) is 12.5. The van der Waals surface area contributed by atoms with E-state index in [1.165, 1.54) is 0 Å². The molecule has 0 saturated heterocycles. The van der Waals surface area contributed by atoms with Crippen molar-refractivity contribution in [3.63, 3.8) is 0 Å². The van der Waals surface area contributed by atoms with Crippen molar-refractivity contribution >= 4 is 0 Å². The lowest BCUT2D eigenvalue weighted by Gasteiger charge is -2.26. The molecule has 21 heavy (non-hydrogen) atoms. The van der Waals surface area contributed by atoms with Crippen LogP contribution in [0.1, 0.15) is 37.1 Å². The molecule has 0 atom stereocenters. The van der Waals surface area contributed by atoms with E-state index in [9.17, 15) is 4.79 Å². The SMILES string of the molecule is COC1(c2nc(-c3ccccc3)c(C)c(=O)[nH]2)CCCC1. The lowest BCUT2D eigenvalue weighted by molar-refractivity contribution is -0.0164. The Morgan fingerprint density at radius 3 is 2.48 bits per heavy atom. The standard InChI is InChI=1S/C17H20N2O2/c1-12-14(13-8-4-3-5-9-13)18-16(19-15(12)20)17(21-2)10-6-7-11-17/h3-5,8-9H,6-7,10-11H2,1-2H3,(H,18,19,20). The summed E-state index contributed by atoms with van der Waals surface area (Å²) in [6.45, 7) is 1.81. The van der Waals surface area contributed by atoms with Crippen LogP contribution < -0.4 is 5.56 Å². The van der Waals surface area contributed by atoms with Crippen molar-refractivity contribution in [2.45, 2.75) is 38.2 Å². The Kier molecular flexibility index (Phi) is 3.64. The maximum Gasteiger partial charge on any atom is 0.254 e. The van der Waals surface area contributed by atoms with Crippen LogP contribution in [0.2, 0.25) is 0 Å². The molecule has 4 nitrogen and oxygen atoms in total. The molecule has 1 aliphatic rings. The highest BCUT2D eigenvalue weighted by Gasteiger charge is 2.38. The molecule has 0 spiro atoms. The summed E-state index contributed by atoms with van der Waals surface area (Å²) in [6.07, 6.45) is 4.02. The molecule has 3 rings (SSSR count). The average molecular weight is 284 g/mol. The molecule has 0 radical (unpaired) electrons. The van der Waals surface area contributed by atoms with Gasteiger partial charge in [-0.15, -0.1) is 0 Å². The Morgan fingerprint density at radius 2 is 1.86 bits per heavy atom. The molecule has 1 heterocycles. The maximum absolute atomic E-state index is 12.3. The van der Waals surface area contributed by atoms with E-state index in [0.717, 1.165) is 36.9 Å². The van der Waals surface area contributed by atoms with E-state index in [1.807, 2.05) is 37.3 Å². The highest BCUT2D eigenvalue weighted by atomic mass is 16.5. The molecule has 1 aromatic heterocycles. The molecule has 1 saturated carbocycles. The number of nitrogens with one attached hydrogen (secondary N) is 1. The van der Waals surface area contributed by atoms with Gasteiger partial charge >= 0.3 is 0 Å². The quantitative estimate of drug-likeness (QED) is 0.942. The van der Waals surface area contributed by atoms with Crippen LogP contribution in [-0.4, -0.2) is 17.1 Å². The molecule has 1 N–H and O–H groups in total. The van der Waals surface area contributed by atoms with Gasteiger partial charge in [-0.3, -0.25) is 4.79 Å². The largest absolute Gasteiger partial charge is 0.370 e. The number of methoxy groups -OCH3 is 1. The molecule has 0 unspecified atom stereocenters. The van der Waals surface area contributed by atoms with Crippen molar-refractivity contribution in [2.24, 2.45) is 0 Å². The van der Waals surface area contributed by atoms with Crippen molar-refractivity contribution in [2.75, 3.05) is 7.11 Å². The van der Waals surface area contributed by atoms with Gasteiger partial charge in [0, 0.05) is 18.2 Å². The van der Waals surface area contributed by atoms with Crippen LogP contribution in [0.15, 0.2) is 35.1 Å². The third-order valence-electron chi connectivity index (χ3n) is 4.43. The minimum Gasteiger partial charge on any atom is -0.370 e. The molecular formula is C17H20N2O2. The Hall–Kier alpha value is -1.94. The predicted molar refractivity (Wildman–Crippen MR) is 82.2 cm³/mol. The number of nitrogens with zero attached hydrogens (tertiary/aromatic N) is 1. The Morgan fingerprint density at radius 1 is 1.19 bits per heavy atom. The van der Waals surface area contributed by atoms with Gasteiger partial charge in [0.05, 0.1) is 5.69 Å². The summed E-state index contributed by atoms with van der Waals surface area (Å²) in [5, 5.41) is 0. The fourth-order valence-electron chi connectivity index (χ4n) is 3.11. The summed E-state index contributed by atoms with van der Waals surface area (Å²) >= 11 is 0. The van der Waals surface area contributed by atoms with Crippen LogP contribution in [0.3, 0.4) is 0 Å². The molecule has 110 valence electrons. The number of rotatable bonds is 3. The highest BCUT2D eigenvalue weighted by molar-refractivity contribution is 5.62. The molecule has 1 aliphatic carbocycles. The van der Waals surface area contributed by atoms with Gasteiger partial charge in [0.25, 0.3) is 5.56 Å². The van der Waals surface area contributed by atoms with Gasteiger partial charge in [-0.2, -0.15) is 0 Å². The van der Waals surface area contributed by atoms with Crippen molar-refractivity contribution < 1.29 is 4.74 Å². The third kappa shape index (κ3) is 2.40. The monoisotopic (exact) mass is 284 g/mol. The number of H-pyrrole nitrogens is 1. The van der Waals surface area contributed by atoms with Gasteiger partial charge in [0.2, 0.25) is 0 Å². The summed E-state index contributed by atoms with van der Waals surface area (Å²) in [5.41, 5.74) is 1.84. The fourth-order valence-corrected chi connectivity index (χ4v) is 3.11. The van der Waals surface area contributed by atoms with Crippen molar-refractivity contribution in [1.29, 1.82) is 0 Å². The van der Waals surface area contributed by atoms with E-state index in [0.29, 0.717) is 11.4 Å². The smallest absolute Gasteiger partial charge is 0.254 e. The number of hydrogen-bond acceptors (Lipinski definition) is 3. The van der Waals surface area contributed by atoms with Crippen LogP contribution in [0, 0.1) is 6.92 Å². The molecular weight excluding hydrogens is 264 g/mol. The molecule has 0 bridgehead atoms. The Labute approximate surface area is 124 Å². The number of aromatic nitrogens is 2. The third-order valence-corrected chi connectivity index (χ3v) is 4.43. The minimum atomic E-state index is -0.434. The van der Waals surface area contributed by atoms with Gasteiger partial charge in [-0.1, -0.05) is 30.3 Å². The van der Waals surface area contributed by atoms with Crippen LogP contribution in [0.25, 0.3) is 11.3 Å². The molecule has 2 aromatic rings. The van der Waals surface area contributed by atoms with E-state index < -0.39 is 5.60 Å². The molecule has 0 amide bonds. The summed E-state index contributed by atoms with van der Waals surface area (Å²) in [6, 6.07) is 9.83. The lowest BCUT2D eigenvalue weighted by Crippen LogP contribution is -2.31. The van der Waals surface area contributed by atoms with E-state index >= 15 is 0 Å². The van der Waals surface area contributed by atoms with Crippen LogP contribution >= 0.6 is 0 Å². The molecule has 4 heteroatoms. The number of ether oxygens (including phenoxy) is 1. The van der Waals surface area contributed by atoms with Gasteiger partial charge in [0.15, 0.2) is 0 Å². The van der Waals surface area contributed by atoms with Gasteiger partial charge < -0.3 is 9.72 Å². The summed E-state index contributed by atoms with van der Waals surface area (Å²) in [4.78, 5) is 20.0. The normalized spacial score (nSPS) is 17.0. The van der Waals surface area contributed by atoms with E-state index in [2.05, 4.69) is 4.98 Å². The van der Waals surface area contributed by atoms with E-state index in [4.69, 9.17) is 9.72 Å². The summed E-state index contributed by atoms with van der Waals surface area (Å²) in [7, 11) is 1.70. The van der Waals surface area contributed by atoms with Gasteiger partial charge in [-0.05, 0) is 32.6 Å². The van der Waals surface area contributed by atoms with Crippen LogP contribution in [-0.2, 0) is 10.3 Å². The molecule has 1 fully saturated rings. The Balaban J connectivity index is 2.17. The zero-order chi connectivity index (χ0) is 14.9. The highest BCUT2D eigenvalue weighted by Crippen LogP contribution is 2.40. The Bertz CT molecular complexity index is 686. The lowest BCUT2D eigenvalue weighted by atomic mass is 10.00.